The second-order valence-electron chi connectivity index (χ2n) is 7.27. The number of hydrogen-bond acceptors (Lipinski definition) is 7. The van der Waals surface area contributed by atoms with Crippen LogP contribution in [0.4, 0.5) is 0 Å². The number of hydrogen-bond donors (Lipinski definition) is 4. The minimum Gasteiger partial charge on any atom is -0.394 e. The van der Waals surface area contributed by atoms with Gasteiger partial charge in [-0.2, -0.15) is 0 Å². The molecule has 2 aromatic carbocycles. The SMILES string of the molecule is OC[C@H]1O[C@@H](c2ccc(Cl)c(Cc3cnc(-c4ccccc4)s3)c2)[C@H](O)[C@@H](O)[C@@H]1O. The molecule has 1 fully saturated rings. The summed E-state index contributed by atoms with van der Waals surface area (Å²) in [7, 11) is 0. The number of aliphatic hydroxyl groups is 4. The fourth-order valence-electron chi connectivity index (χ4n) is 3.58. The van der Waals surface area contributed by atoms with Gasteiger partial charge in [-0.1, -0.05) is 54.1 Å². The van der Waals surface area contributed by atoms with Crippen molar-refractivity contribution in [3.63, 3.8) is 0 Å². The van der Waals surface area contributed by atoms with E-state index in [9.17, 15) is 20.4 Å². The molecule has 158 valence electrons. The molecule has 1 aliphatic heterocycles. The van der Waals surface area contributed by atoms with E-state index in [1.54, 1.807) is 23.5 Å². The molecule has 1 aliphatic rings. The standard InChI is InChI=1S/C22H22ClNO5S/c23-16-7-6-13(21-20(28)19(27)18(26)17(11-25)29-21)8-14(16)9-15-10-24-22(30-15)12-4-2-1-3-5-12/h1-8,10,17-21,25-28H,9,11H2/t17-,18-,19+,20-,21+/m1/s1. The fraction of sp³-hybridized carbons (Fsp3) is 0.318. The number of benzene rings is 2. The average molecular weight is 448 g/mol. The molecule has 2 heterocycles. The van der Waals surface area contributed by atoms with Crippen molar-refractivity contribution in [1.82, 2.24) is 4.98 Å². The smallest absolute Gasteiger partial charge is 0.123 e. The number of ether oxygens (including phenoxy) is 1. The summed E-state index contributed by atoms with van der Waals surface area (Å²) in [5, 5.41) is 41.4. The second kappa shape index (κ2) is 9.11. The molecule has 1 saturated heterocycles. The van der Waals surface area contributed by atoms with Crippen LogP contribution in [-0.4, -0.2) is 56.4 Å². The van der Waals surface area contributed by atoms with Crippen molar-refractivity contribution in [1.29, 1.82) is 0 Å². The maximum Gasteiger partial charge on any atom is 0.123 e. The number of halogens is 1. The molecule has 1 aromatic heterocycles. The lowest BCUT2D eigenvalue weighted by atomic mass is 9.90. The van der Waals surface area contributed by atoms with E-state index in [0.29, 0.717) is 17.0 Å². The Balaban J connectivity index is 1.57. The van der Waals surface area contributed by atoms with Gasteiger partial charge in [-0.05, 0) is 17.2 Å². The van der Waals surface area contributed by atoms with E-state index in [-0.39, 0.29) is 0 Å². The van der Waals surface area contributed by atoms with Crippen molar-refractivity contribution in [2.45, 2.75) is 36.9 Å². The zero-order chi connectivity index (χ0) is 21.3. The summed E-state index contributed by atoms with van der Waals surface area (Å²) >= 11 is 7.98. The van der Waals surface area contributed by atoms with Gasteiger partial charge in [0.15, 0.2) is 0 Å². The summed E-state index contributed by atoms with van der Waals surface area (Å²) in [6.45, 7) is -0.467. The maximum absolute atomic E-state index is 10.4. The number of rotatable bonds is 5. The van der Waals surface area contributed by atoms with Crippen LogP contribution in [0.15, 0.2) is 54.7 Å². The number of nitrogens with zero attached hydrogens (tertiary/aromatic N) is 1. The van der Waals surface area contributed by atoms with Gasteiger partial charge in [0.05, 0.1) is 6.61 Å². The van der Waals surface area contributed by atoms with Crippen LogP contribution in [0.1, 0.15) is 22.1 Å². The van der Waals surface area contributed by atoms with Crippen LogP contribution < -0.4 is 0 Å². The van der Waals surface area contributed by atoms with Crippen molar-refractivity contribution < 1.29 is 25.2 Å². The summed E-state index contributed by atoms with van der Waals surface area (Å²) in [6.07, 6.45) is -3.61. The molecule has 0 bridgehead atoms. The van der Waals surface area contributed by atoms with E-state index in [0.717, 1.165) is 21.0 Å². The van der Waals surface area contributed by atoms with Gasteiger partial charge in [-0.15, -0.1) is 11.3 Å². The largest absolute Gasteiger partial charge is 0.394 e. The Morgan fingerprint density at radius 2 is 1.77 bits per heavy atom. The van der Waals surface area contributed by atoms with Crippen molar-refractivity contribution in [3.8, 4) is 10.6 Å². The first-order valence-corrected chi connectivity index (χ1v) is 10.8. The lowest BCUT2D eigenvalue weighted by molar-refractivity contribution is -0.231. The van der Waals surface area contributed by atoms with Crippen molar-refractivity contribution in [2.24, 2.45) is 0 Å². The molecular formula is C22H22ClNO5S. The van der Waals surface area contributed by atoms with Crippen LogP contribution in [0.3, 0.4) is 0 Å². The van der Waals surface area contributed by atoms with E-state index in [1.807, 2.05) is 42.6 Å². The molecule has 5 atom stereocenters. The molecule has 4 rings (SSSR count). The molecule has 0 unspecified atom stereocenters. The quantitative estimate of drug-likeness (QED) is 0.479. The van der Waals surface area contributed by atoms with Gasteiger partial charge >= 0.3 is 0 Å². The highest BCUT2D eigenvalue weighted by atomic mass is 35.5. The highest BCUT2D eigenvalue weighted by Crippen LogP contribution is 2.35. The Kier molecular flexibility index (Phi) is 6.50. The molecule has 0 spiro atoms. The van der Waals surface area contributed by atoms with Crippen molar-refractivity contribution >= 4 is 22.9 Å². The van der Waals surface area contributed by atoms with Gasteiger partial charge in [0.2, 0.25) is 0 Å². The molecule has 4 N–H and O–H groups in total. The second-order valence-corrected chi connectivity index (χ2v) is 8.80. The van der Waals surface area contributed by atoms with E-state index in [2.05, 4.69) is 4.98 Å². The van der Waals surface area contributed by atoms with E-state index >= 15 is 0 Å². The first kappa shape index (κ1) is 21.4. The summed E-state index contributed by atoms with van der Waals surface area (Å²) < 4.78 is 5.66. The van der Waals surface area contributed by atoms with Crippen LogP contribution in [0, 0.1) is 0 Å². The fourth-order valence-corrected chi connectivity index (χ4v) is 4.70. The highest BCUT2D eigenvalue weighted by Gasteiger charge is 2.44. The van der Waals surface area contributed by atoms with Gasteiger partial charge < -0.3 is 25.2 Å². The molecular weight excluding hydrogens is 426 g/mol. The van der Waals surface area contributed by atoms with Gasteiger partial charge in [-0.25, -0.2) is 4.98 Å². The number of aromatic nitrogens is 1. The zero-order valence-corrected chi connectivity index (χ0v) is 17.5. The topological polar surface area (TPSA) is 103 Å². The van der Waals surface area contributed by atoms with Crippen LogP contribution in [0.2, 0.25) is 5.02 Å². The monoisotopic (exact) mass is 447 g/mol. The Bertz CT molecular complexity index is 996. The minimum atomic E-state index is -1.42. The minimum absolute atomic E-state index is 0.467. The van der Waals surface area contributed by atoms with Crippen molar-refractivity contribution in [3.05, 3.63) is 75.8 Å². The lowest BCUT2D eigenvalue weighted by Crippen LogP contribution is -2.55. The zero-order valence-electron chi connectivity index (χ0n) is 15.9. The molecule has 30 heavy (non-hydrogen) atoms. The summed E-state index contributed by atoms with van der Waals surface area (Å²) in [5.74, 6) is 0. The van der Waals surface area contributed by atoms with Crippen LogP contribution >= 0.6 is 22.9 Å². The molecule has 8 heteroatoms. The van der Waals surface area contributed by atoms with Gasteiger partial charge in [-0.3, -0.25) is 0 Å². The Labute approximate surface area is 183 Å². The molecule has 6 nitrogen and oxygen atoms in total. The molecule has 0 aliphatic carbocycles. The van der Waals surface area contributed by atoms with E-state index in [1.165, 1.54) is 0 Å². The Morgan fingerprint density at radius 1 is 1.00 bits per heavy atom. The highest BCUT2D eigenvalue weighted by molar-refractivity contribution is 7.15. The van der Waals surface area contributed by atoms with Crippen LogP contribution in [0.5, 0.6) is 0 Å². The van der Waals surface area contributed by atoms with Gasteiger partial charge in [0.25, 0.3) is 0 Å². The predicted octanol–water partition coefficient (Wildman–Crippen LogP) is 2.57. The van der Waals surface area contributed by atoms with Gasteiger partial charge in [0, 0.05) is 28.1 Å². The third-order valence-corrected chi connectivity index (χ3v) is 6.64. The first-order valence-electron chi connectivity index (χ1n) is 9.57. The van der Waals surface area contributed by atoms with E-state index in [4.69, 9.17) is 16.3 Å². The lowest BCUT2D eigenvalue weighted by Gasteiger charge is -2.40. The summed E-state index contributed by atoms with van der Waals surface area (Å²) in [6, 6.07) is 15.2. The Hall–Kier alpha value is -1.84. The van der Waals surface area contributed by atoms with Crippen molar-refractivity contribution in [2.75, 3.05) is 6.61 Å². The maximum atomic E-state index is 10.4. The van der Waals surface area contributed by atoms with Crippen LogP contribution in [0.25, 0.3) is 10.6 Å². The molecule has 0 amide bonds. The average Bonchev–Trinajstić information content (AvgIpc) is 3.23. The number of aliphatic hydroxyl groups excluding tert-OH is 4. The molecule has 0 saturated carbocycles. The predicted molar refractivity (Wildman–Crippen MR) is 115 cm³/mol. The molecule has 0 radical (unpaired) electrons. The number of thiazole rings is 1. The van der Waals surface area contributed by atoms with Crippen LogP contribution in [-0.2, 0) is 11.2 Å². The molecule has 3 aromatic rings. The third-order valence-electron chi connectivity index (χ3n) is 5.23. The first-order chi connectivity index (χ1) is 14.5. The summed E-state index contributed by atoms with van der Waals surface area (Å²) in [5.41, 5.74) is 2.49. The third kappa shape index (κ3) is 4.29. The normalized spacial score (nSPS) is 26.6. The Morgan fingerprint density at radius 3 is 2.50 bits per heavy atom. The van der Waals surface area contributed by atoms with Gasteiger partial charge in [0.1, 0.15) is 35.5 Å². The summed E-state index contributed by atoms with van der Waals surface area (Å²) in [4.78, 5) is 5.53. The van der Waals surface area contributed by atoms with E-state index < -0.39 is 37.1 Å².